The van der Waals surface area contributed by atoms with Gasteiger partial charge in [0.1, 0.15) is 30.3 Å². The van der Waals surface area contributed by atoms with Gasteiger partial charge >= 0.3 is 0 Å². The molecule has 3 N–H and O–H groups in total. The molecule has 0 amide bonds. The zero-order valence-corrected chi connectivity index (χ0v) is 16.1. The van der Waals surface area contributed by atoms with Crippen molar-refractivity contribution in [2.24, 2.45) is 0 Å². The minimum absolute atomic E-state index is 0.0406. The zero-order valence-electron chi connectivity index (χ0n) is 16.1. The highest BCUT2D eigenvalue weighted by Crippen LogP contribution is 2.30. The number of aryl methyl sites for hydroxylation is 1. The monoisotopic (exact) mass is 407 g/mol. The molecule has 152 valence electrons. The molecule has 2 heterocycles. The highest BCUT2D eigenvalue weighted by atomic mass is 19.2. The van der Waals surface area contributed by atoms with Crippen LogP contribution < -0.4 is 15.8 Å². The Morgan fingerprint density at radius 2 is 1.93 bits per heavy atom. The molecule has 4 aromatic rings. The molecule has 0 fully saturated rings. The van der Waals surface area contributed by atoms with Crippen molar-refractivity contribution in [1.29, 1.82) is 0 Å². The van der Waals surface area contributed by atoms with E-state index in [1.165, 1.54) is 18.6 Å². The lowest BCUT2D eigenvalue weighted by molar-refractivity contribution is 0.260. The van der Waals surface area contributed by atoms with Crippen LogP contribution in [0.2, 0.25) is 0 Å². The number of anilines is 3. The van der Waals surface area contributed by atoms with Crippen molar-refractivity contribution in [2.45, 2.75) is 13.1 Å². The number of halogens is 2. The Kier molecular flexibility index (Phi) is 5.38. The fraction of sp³-hybridized carbons (Fsp3) is 0.136. The number of hydrogen-bond donors (Lipinski definition) is 2. The summed E-state index contributed by atoms with van der Waals surface area (Å²) in [6, 6.07) is 14.0. The zero-order chi connectivity index (χ0) is 21.1. The number of aromatic nitrogens is 3. The number of nitrogens with zero attached hydrogens (tertiary/aromatic N) is 3. The first kappa shape index (κ1) is 19.5. The van der Waals surface area contributed by atoms with E-state index < -0.39 is 12.8 Å². The second-order valence-electron chi connectivity index (χ2n) is 6.75. The van der Waals surface area contributed by atoms with Crippen LogP contribution in [0.15, 0.2) is 61.1 Å². The van der Waals surface area contributed by atoms with Crippen molar-refractivity contribution in [1.82, 2.24) is 15.0 Å². The molecule has 0 spiro atoms. The van der Waals surface area contributed by atoms with Gasteiger partial charge in [0.05, 0.1) is 17.4 Å². The number of rotatable bonds is 6. The van der Waals surface area contributed by atoms with Gasteiger partial charge in [-0.1, -0.05) is 0 Å². The Hall–Kier alpha value is -3.81. The maximum Gasteiger partial charge on any atom is 0.170 e. The summed E-state index contributed by atoms with van der Waals surface area (Å²) in [5.74, 6) is 1.70. The molecule has 0 bridgehead atoms. The van der Waals surface area contributed by atoms with Crippen LogP contribution in [-0.2, 0) is 0 Å². The van der Waals surface area contributed by atoms with Crippen molar-refractivity contribution in [2.75, 3.05) is 17.7 Å². The molecule has 1 atom stereocenters. The summed E-state index contributed by atoms with van der Waals surface area (Å²) in [4.78, 5) is 12.5. The van der Waals surface area contributed by atoms with Gasteiger partial charge < -0.3 is 15.8 Å². The Morgan fingerprint density at radius 1 is 1.07 bits per heavy atom. The number of fused-ring (bicyclic) bond motifs is 1. The van der Waals surface area contributed by atoms with E-state index in [2.05, 4.69) is 20.3 Å². The molecule has 8 heteroatoms. The molecule has 0 aliphatic carbocycles. The Bertz CT molecular complexity index is 1180. The smallest absolute Gasteiger partial charge is 0.170 e. The Morgan fingerprint density at radius 3 is 2.67 bits per heavy atom. The second-order valence-corrected chi connectivity index (χ2v) is 6.75. The van der Waals surface area contributed by atoms with Gasteiger partial charge in [-0.3, -0.25) is 4.98 Å². The van der Waals surface area contributed by atoms with E-state index in [0.29, 0.717) is 23.0 Å². The van der Waals surface area contributed by atoms with Crippen LogP contribution in [0.4, 0.5) is 26.0 Å². The third kappa shape index (κ3) is 4.12. The van der Waals surface area contributed by atoms with Gasteiger partial charge in [0.2, 0.25) is 0 Å². The predicted octanol–water partition coefficient (Wildman–Crippen LogP) is 5.43. The quantitative estimate of drug-likeness (QED) is 0.415. The number of nitrogens with two attached hydrogens (primary N) is 1. The average Bonchev–Trinajstić information content (AvgIpc) is 2.76. The largest absolute Gasteiger partial charge is 0.455 e. The van der Waals surface area contributed by atoms with Crippen molar-refractivity contribution in [3.05, 3.63) is 72.3 Å². The van der Waals surface area contributed by atoms with Crippen LogP contribution in [0.1, 0.15) is 17.4 Å². The summed E-state index contributed by atoms with van der Waals surface area (Å²) >= 11 is 0. The summed E-state index contributed by atoms with van der Waals surface area (Å²) < 4.78 is 31.6. The highest BCUT2D eigenvalue weighted by Gasteiger charge is 2.11. The average molecular weight is 407 g/mol. The molecule has 2 aromatic heterocycles. The molecular formula is C22H19F2N5O. The summed E-state index contributed by atoms with van der Waals surface area (Å²) in [5.41, 5.74) is 9.04. The Balaban J connectivity index is 1.53. The van der Waals surface area contributed by atoms with Crippen LogP contribution in [0, 0.1) is 6.92 Å². The van der Waals surface area contributed by atoms with Gasteiger partial charge in [0, 0.05) is 16.8 Å². The number of hydrogen-bond acceptors (Lipinski definition) is 6. The molecule has 0 radical (unpaired) electrons. The van der Waals surface area contributed by atoms with Crippen molar-refractivity contribution >= 4 is 28.1 Å². The first-order chi connectivity index (χ1) is 14.5. The molecule has 0 saturated heterocycles. The standard InChI is InChI=1S/C22H19F2N5O/c1-13-8-15(29-22-17-9-14(25)2-5-19(17)27-12-28-22)3-7-21(13)30-16-4-6-20(26-11-16)18(24)10-23/h2-9,11-12,18H,10,25H2,1H3,(H,27,28,29)/t18-/m1/s1. The van der Waals surface area contributed by atoms with Crippen LogP contribution >= 0.6 is 0 Å². The minimum atomic E-state index is -1.72. The molecule has 0 aliphatic heterocycles. The number of nitrogen functional groups attached to an aromatic ring is 1. The fourth-order valence-corrected chi connectivity index (χ4v) is 3.00. The molecule has 0 unspecified atom stereocenters. The lowest BCUT2D eigenvalue weighted by Gasteiger charge is -2.13. The summed E-state index contributed by atoms with van der Waals surface area (Å²) in [6.45, 7) is 0.800. The van der Waals surface area contributed by atoms with E-state index in [-0.39, 0.29) is 5.69 Å². The predicted molar refractivity (Wildman–Crippen MR) is 113 cm³/mol. The second kappa shape index (κ2) is 8.28. The lowest BCUT2D eigenvalue weighted by Crippen LogP contribution is -1.99. The normalized spacial score (nSPS) is 12.0. The lowest BCUT2D eigenvalue weighted by atomic mass is 10.1. The third-order valence-corrected chi connectivity index (χ3v) is 4.54. The first-order valence-electron chi connectivity index (χ1n) is 9.25. The van der Waals surface area contributed by atoms with Crippen LogP contribution in [0.3, 0.4) is 0 Å². The van der Waals surface area contributed by atoms with Gasteiger partial charge in [0.25, 0.3) is 0 Å². The fourth-order valence-electron chi connectivity index (χ4n) is 3.00. The van der Waals surface area contributed by atoms with E-state index in [1.807, 2.05) is 37.3 Å². The molecular weight excluding hydrogens is 388 g/mol. The Labute approximate surface area is 171 Å². The number of benzene rings is 2. The van der Waals surface area contributed by atoms with Crippen LogP contribution in [0.5, 0.6) is 11.5 Å². The van der Waals surface area contributed by atoms with Gasteiger partial charge in [-0.25, -0.2) is 18.7 Å². The third-order valence-electron chi connectivity index (χ3n) is 4.54. The molecule has 30 heavy (non-hydrogen) atoms. The van der Waals surface area contributed by atoms with Crippen LogP contribution in [-0.4, -0.2) is 21.6 Å². The van der Waals surface area contributed by atoms with Crippen molar-refractivity contribution in [3.63, 3.8) is 0 Å². The molecule has 4 rings (SSSR count). The number of pyridine rings is 1. The summed E-state index contributed by atoms with van der Waals surface area (Å²) in [6.07, 6.45) is 1.15. The van der Waals surface area contributed by atoms with Crippen LogP contribution in [0.25, 0.3) is 10.9 Å². The number of nitrogens with one attached hydrogen (secondary N) is 1. The summed E-state index contributed by atoms with van der Waals surface area (Å²) in [7, 11) is 0. The van der Waals surface area contributed by atoms with Gasteiger partial charge in [-0.2, -0.15) is 0 Å². The SMILES string of the molecule is Cc1cc(Nc2ncnc3ccc(N)cc23)ccc1Oc1ccc([C@H](F)CF)nc1. The minimum Gasteiger partial charge on any atom is -0.455 e. The van der Waals surface area contributed by atoms with Crippen molar-refractivity contribution in [3.8, 4) is 11.5 Å². The maximum absolute atomic E-state index is 13.3. The first-order valence-corrected chi connectivity index (χ1v) is 9.25. The van der Waals surface area contributed by atoms with E-state index >= 15 is 0 Å². The van der Waals surface area contributed by atoms with Gasteiger partial charge in [0.15, 0.2) is 6.17 Å². The van der Waals surface area contributed by atoms with Gasteiger partial charge in [-0.05, 0) is 61.0 Å². The highest BCUT2D eigenvalue weighted by molar-refractivity contribution is 5.92. The summed E-state index contributed by atoms with van der Waals surface area (Å²) in [5, 5.41) is 4.10. The molecule has 0 saturated carbocycles. The maximum atomic E-state index is 13.3. The molecule has 0 aliphatic rings. The van der Waals surface area contributed by atoms with E-state index in [1.54, 1.807) is 12.1 Å². The van der Waals surface area contributed by atoms with Gasteiger partial charge in [-0.15, -0.1) is 0 Å². The van der Waals surface area contributed by atoms with Crippen molar-refractivity contribution < 1.29 is 13.5 Å². The number of alkyl halides is 2. The van der Waals surface area contributed by atoms with E-state index in [9.17, 15) is 8.78 Å². The molecule has 6 nitrogen and oxygen atoms in total. The topological polar surface area (TPSA) is 86.0 Å². The molecule has 2 aromatic carbocycles. The number of ether oxygens (including phenoxy) is 1. The van der Waals surface area contributed by atoms with E-state index in [4.69, 9.17) is 10.5 Å². The van der Waals surface area contributed by atoms with E-state index in [0.717, 1.165) is 22.2 Å².